The highest BCUT2D eigenvalue weighted by Crippen LogP contribution is 2.35. The van der Waals surface area contributed by atoms with Gasteiger partial charge < -0.3 is 19.3 Å². The van der Waals surface area contributed by atoms with Crippen molar-refractivity contribution in [2.24, 2.45) is 0 Å². The molecule has 0 aliphatic carbocycles. The van der Waals surface area contributed by atoms with Crippen molar-refractivity contribution in [3.63, 3.8) is 0 Å². The Morgan fingerprint density at radius 3 is 2.23 bits per heavy atom. The first kappa shape index (κ1) is 22.7. The highest BCUT2D eigenvalue weighted by atomic mass is 32.2. The lowest BCUT2D eigenvalue weighted by Gasteiger charge is -2.34. The minimum absolute atomic E-state index is 0.174. The highest BCUT2D eigenvalue weighted by Gasteiger charge is 2.24. The first-order valence-electron chi connectivity index (χ1n) is 9.90. The lowest BCUT2D eigenvalue weighted by atomic mass is 10.1. The SMILES string of the molecule is COC(=O)N1CCN(c2ccc(NS(C)(=O)=O)c(Oc3c(C)cc(C)cc3C)n2)CC1. The first-order chi connectivity index (χ1) is 14.6. The molecule has 1 aliphatic heterocycles. The number of aryl methyl sites for hydroxylation is 3. The molecule has 168 valence electrons. The number of hydrogen-bond donors (Lipinski definition) is 1. The van der Waals surface area contributed by atoms with Crippen LogP contribution in [0.1, 0.15) is 16.7 Å². The molecule has 10 heteroatoms. The van der Waals surface area contributed by atoms with Crippen molar-refractivity contribution in [1.29, 1.82) is 0 Å². The summed E-state index contributed by atoms with van der Waals surface area (Å²) < 4.78 is 37.1. The molecule has 0 saturated carbocycles. The number of ether oxygens (including phenoxy) is 2. The number of amides is 1. The summed E-state index contributed by atoms with van der Waals surface area (Å²) in [6.07, 6.45) is 0.730. The summed E-state index contributed by atoms with van der Waals surface area (Å²) >= 11 is 0. The third kappa shape index (κ3) is 5.57. The van der Waals surface area contributed by atoms with E-state index < -0.39 is 10.0 Å². The predicted octanol–water partition coefficient (Wildman–Crippen LogP) is 3.06. The van der Waals surface area contributed by atoms with Gasteiger partial charge in [-0.25, -0.2) is 13.2 Å². The normalized spacial score (nSPS) is 14.4. The molecular formula is C21H28N4O5S. The van der Waals surface area contributed by atoms with Crippen molar-refractivity contribution in [3.05, 3.63) is 41.0 Å². The fourth-order valence-corrected chi connectivity index (χ4v) is 4.19. The number of benzene rings is 1. The van der Waals surface area contributed by atoms with Gasteiger partial charge >= 0.3 is 6.09 Å². The monoisotopic (exact) mass is 448 g/mol. The van der Waals surface area contributed by atoms with Gasteiger partial charge in [0.15, 0.2) is 0 Å². The molecule has 1 aliphatic rings. The Hall–Kier alpha value is -3.01. The van der Waals surface area contributed by atoms with E-state index in [1.54, 1.807) is 17.0 Å². The van der Waals surface area contributed by atoms with Gasteiger partial charge in [-0.2, -0.15) is 4.98 Å². The molecule has 1 aromatic carbocycles. The van der Waals surface area contributed by atoms with Crippen molar-refractivity contribution in [2.45, 2.75) is 20.8 Å². The summed E-state index contributed by atoms with van der Waals surface area (Å²) in [4.78, 5) is 20.0. The second kappa shape index (κ2) is 9.01. The minimum Gasteiger partial charge on any atom is -0.453 e. The molecule has 2 heterocycles. The van der Waals surface area contributed by atoms with Crippen LogP contribution in [0, 0.1) is 20.8 Å². The van der Waals surface area contributed by atoms with Crippen LogP contribution in [-0.2, 0) is 14.8 Å². The maximum absolute atomic E-state index is 11.8. The Bertz CT molecular complexity index is 1060. The number of nitrogens with zero attached hydrogens (tertiary/aromatic N) is 3. The number of anilines is 2. The Morgan fingerprint density at radius 2 is 1.68 bits per heavy atom. The van der Waals surface area contributed by atoms with Gasteiger partial charge in [-0.15, -0.1) is 0 Å². The van der Waals surface area contributed by atoms with Crippen molar-refractivity contribution in [3.8, 4) is 11.6 Å². The number of carbonyl (C=O) groups excluding carboxylic acids is 1. The van der Waals surface area contributed by atoms with E-state index in [1.165, 1.54) is 7.11 Å². The van der Waals surface area contributed by atoms with Crippen LogP contribution in [0.2, 0.25) is 0 Å². The lowest BCUT2D eigenvalue weighted by Crippen LogP contribution is -2.49. The smallest absolute Gasteiger partial charge is 0.409 e. The average molecular weight is 449 g/mol. The van der Waals surface area contributed by atoms with E-state index in [2.05, 4.69) is 9.71 Å². The summed E-state index contributed by atoms with van der Waals surface area (Å²) in [6.45, 7) is 8.04. The topological polar surface area (TPSA) is 101 Å². The van der Waals surface area contributed by atoms with Crippen LogP contribution in [0.5, 0.6) is 11.6 Å². The van der Waals surface area contributed by atoms with Crippen LogP contribution >= 0.6 is 0 Å². The quantitative estimate of drug-likeness (QED) is 0.750. The van der Waals surface area contributed by atoms with E-state index in [-0.39, 0.29) is 17.7 Å². The van der Waals surface area contributed by atoms with Crippen LogP contribution in [-0.4, -0.2) is 63.9 Å². The van der Waals surface area contributed by atoms with Crippen LogP contribution < -0.4 is 14.4 Å². The maximum Gasteiger partial charge on any atom is 0.409 e. The molecule has 0 radical (unpaired) electrons. The van der Waals surface area contributed by atoms with E-state index in [9.17, 15) is 13.2 Å². The zero-order chi connectivity index (χ0) is 22.8. The summed E-state index contributed by atoms with van der Waals surface area (Å²) in [5, 5.41) is 0. The van der Waals surface area contributed by atoms with Gasteiger partial charge in [-0.1, -0.05) is 17.7 Å². The second-order valence-electron chi connectivity index (χ2n) is 7.67. The van der Waals surface area contributed by atoms with E-state index in [1.807, 2.05) is 37.8 Å². The number of sulfonamides is 1. The molecule has 1 fully saturated rings. The van der Waals surface area contributed by atoms with Gasteiger partial charge in [-0.3, -0.25) is 4.72 Å². The van der Waals surface area contributed by atoms with Crippen molar-refractivity contribution in [2.75, 3.05) is 49.2 Å². The third-order valence-electron chi connectivity index (χ3n) is 4.98. The zero-order valence-corrected chi connectivity index (χ0v) is 19.2. The molecule has 1 saturated heterocycles. The molecule has 9 nitrogen and oxygen atoms in total. The number of hydrogen-bond acceptors (Lipinski definition) is 7. The Morgan fingerprint density at radius 1 is 1.06 bits per heavy atom. The third-order valence-corrected chi connectivity index (χ3v) is 5.57. The highest BCUT2D eigenvalue weighted by molar-refractivity contribution is 7.92. The van der Waals surface area contributed by atoms with Gasteiger partial charge in [0.1, 0.15) is 17.3 Å². The van der Waals surface area contributed by atoms with E-state index in [4.69, 9.17) is 9.47 Å². The largest absolute Gasteiger partial charge is 0.453 e. The minimum atomic E-state index is -3.52. The van der Waals surface area contributed by atoms with Crippen LogP contribution in [0.15, 0.2) is 24.3 Å². The van der Waals surface area contributed by atoms with Gasteiger partial charge in [0, 0.05) is 26.2 Å². The summed E-state index contributed by atoms with van der Waals surface area (Å²) in [5.41, 5.74) is 3.24. The standard InChI is InChI=1S/C21H28N4O5S/c1-14-12-15(2)19(16(3)13-14)30-20-17(23-31(5,27)28)6-7-18(22-20)24-8-10-25(11-9-24)21(26)29-4/h6-7,12-13,23H,8-11H2,1-5H3. The summed E-state index contributed by atoms with van der Waals surface area (Å²) in [6, 6.07) is 7.39. The zero-order valence-electron chi connectivity index (χ0n) is 18.4. The molecule has 1 aromatic heterocycles. The number of methoxy groups -OCH3 is 1. The second-order valence-corrected chi connectivity index (χ2v) is 9.42. The van der Waals surface area contributed by atoms with Crippen molar-refractivity contribution < 1.29 is 22.7 Å². The maximum atomic E-state index is 11.8. The van der Waals surface area contributed by atoms with Crippen molar-refractivity contribution >= 4 is 27.6 Å². The predicted molar refractivity (Wildman–Crippen MR) is 120 cm³/mol. The molecule has 1 N–H and O–H groups in total. The Labute approximate surface area is 183 Å². The molecule has 2 aromatic rings. The molecule has 3 rings (SSSR count). The Kier molecular flexibility index (Phi) is 6.59. The summed E-state index contributed by atoms with van der Waals surface area (Å²) in [7, 11) is -2.15. The summed E-state index contributed by atoms with van der Waals surface area (Å²) in [5.74, 6) is 1.46. The molecule has 0 atom stereocenters. The number of nitrogens with one attached hydrogen (secondary N) is 1. The molecule has 0 unspecified atom stereocenters. The number of rotatable bonds is 5. The number of aromatic nitrogens is 1. The number of piperazine rings is 1. The van der Waals surface area contributed by atoms with Crippen LogP contribution in [0.3, 0.4) is 0 Å². The van der Waals surface area contributed by atoms with E-state index in [0.717, 1.165) is 22.9 Å². The molecule has 0 spiro atoms. The van der Waals surface area contributed by atoms with Crippen LogP contribution in [0.4, 0.5) is 16.3 Å². The van der Waals surface area contributed by atoms with E-state index in [0.29, 0.717) is 37.7 Å². The van der Waals surface area contributed by atoms with E-state index >= 15 is 0 Å². The first-order valence-corrected chi connectivity index (χ1v) is 11.8. The van der Waals surface area contributed by atoms with Gasteiger partial charge in [0.2, 0.25) is 15.9 Å². The fraction of sp³-hybridized carbons (Fsp3) is 0.429. The lowest BCUT2D eigenvalue weighted by molar-refractivity contribution is 0.121. The Balaban J connectivity index is 1.92. The molecule has 1 amide bonds. The molecule has 0 bridgehead atoms. The van der Waals surface area contributed by atoms with Gasteiger partial charge in [-0.05, 0) is 44.0 Å². The van der Waals surface area contributed by atoms with Gasteiger partial charge in [0.25, 0.3) is 0 Å². The van der Waals surface area contributed by atoms with Crippen molar-refractivity contribution in [1.82, 2.24) is 9.88 Å². The molecular weight excluding hydrogens is 420 g/mol. The van der Waals surface area contributed by atoms with Crippen LogP contribution in [0.25, 0.3) is 0 Å². The fourth-order valence-electron chi connectivity index (χ4n) is 3.63. The molecule has 31 heavy (non-hydrogen) atoms. The number of carbonyl (C=O) groups is 1. The average Bonchev–Trinajstić information content (AvgIpc) is 2.70. The number of pyridine rings is 1. The van der Waals surface area contributed by atoms with Gasteiger partial charge in [0.05, 0.1) is 13.4 Å².